The molecule has 2 heterocycles. The van der Waals surface area contributed by atoms with Crippen molar-refractivity contribution >= 4 is 13.1 Å². The van der Waals surface area contributed by atoms with Crippen LogP contribution in [-0.2, 0) is 6.54 Å². The van der Waals surface area contributed by atoms with E-state index in [0.29, 0.717) is 13.1 Å². The monoisotopic (exact) mass is 167 g/mol. The van der Waals surface area contributed by atoms with Gasteiger partial charge < -0.3 is 19.9 Å². The summed E-state index contributed by atoms with van der Waals surface area (Å²) >= 11 is 0. The first-order valence-electron chi connectivity index (χ1n) is 3.88. The number of nitrogens with one attached hydrogen (secondary N) is 1. The average molecular weight is 167 g/mol. The first-order valence-corrected chi connectivity index (χ1v) is 3.88. The molecule has 0 fully saturated rings. The lowest BCUT2D eigenvalue weighted by atomic mass is 9.72. The Morgan fingerprint density at radius 3 is 3.25 bits per heavy atom. The van der Waals surface area contributed by atoms with E-state index in [1.54, 1.807) is 6.20 Å². The molecule has 1 aromatic rings. The smallest absolute Gasteiger partial charge is 0.427 e. The molecular formula is C6H10BN3O2. The summed E-state index contributed by atoms with van der Waals surface area (Å²) in [7, 11) is -1.26. The Kier molecular flexibility index (Phi) is 1.78. The van der Waals surface area contributed by atoms with Gasteiger partial charge in [0.15, 0.2) is 0 Å². The summed E-state index contributed by atoms with van der Waals surface area (Å²) in [5.41, 5.74) is 0. The average Bonchev–Trinajstić information content (AvgIpc) is 2.49. The van der Waals surface area contributed by atoms with Gasteiger partial charge >= 0.3 is 7.12 Å². The number of nitrogens with zero attached hydrogens (tertiary/aromatic N) is 2. The Labute approximate surface area is 70.2 Å². The van der Waals surface area contributed by atoms with Gasteiger partial charge in [0, 0.05) is 31.3 Å². The third-order valence-electron chi connectivity index (χ3n) is 2.09. The Morgan fingerprint density at radius 1 is 1.67 bits per heavy atom. The minimum absolute atomic E-state index is 0.147. The predicted molar refractivity (Wildman–Crippen MR) is 44.7 cm³/mol. The number of hydrogen-bond acceptors (Lipinski definition) is 4. The molecule has 6 heteroatoms. The van der Waals surface area contributed by atoms with E-state index in [2.05, 4.69) is 10.3 Å². The van der Waals surface area contributed by atoms with Gasteiger partial charge in [0.05, 0.1) is 0 Å². The van der Waals surface area contributed by atoms with E-state index in [-0.39, 0.29) is 5.82 Å². The van der Waals surface area contributed by atoms with Crippen molar-refractivity contribution in [2.75, 3.05) is 11.9 Å². The highest BCUT2D eigenvalue weighted by Crippen LogP contribution is 2.19. The van der Waals surface area contributed by atoms with E-state index < -0.39 is 7.12 Å². The fourth-order valence-electron chi connectivity index (χ4n) is 1.36. The van der Waals surface area contributed by atoms with Crippen LogP contribution in [-0.4, -0.2) is 33.3 Å². The van der Waals surface area contributed by atoms with Crippen LogP contribution >= 0.6 is 0 Å². The molecule has 0 aromatic carbocycles. The summed E-state index contributed by atoms with van der Waals surface area (Å²) in [6.45, 7) is 1.18. The van der Waals surface area contributed by atoms with Crippen LogP contribution in [0.5, 0.6) is 0 Å². The van der Waals surface area contributed by atoms with Gasteiger partial charge in [-0.25, -0.2) is 4.98 Å². The van der Waals surface area contributed by atoms with Crippen LogP contribution in [0.1, 0.15) is 0 Å². The minimum Gasteiger partial charge on any atom is -0.427 e. The summed E-state index contributed by atoms with van der Waals surface area (Å²) in [6, 6.07) is 0. The predicted octanol–water partition coefficient (Wildman–Crippen LogP) is -0.848. The fraction of sp³-hybridized carbons (Fsp3) is 0.500. The third-order valence-corrected chi connectivity index (χ3v) is 2.09. The van der Waals surface area contributed by atoms with Crippen LogP contribution in [0.3, 0.4) is 0 Å². The highest BCUT2D eigenvalue weighted by Gasteiger charge is 2.27. The maximum absolute atomic E-state index is 8.92. The third kappa shape index (κ3) is 1.19. The van der Waals surface area contributed by atoms with Crippen LogP contribution in [0.15, 0.2) is 12.4 Å². The maximum atomic E-state index is 8.92. The molecule has 0 saturated heterocycles. The van der Waals surface area contributed by atoms with Crippen molar-refractivity contribution in [3.63, 3.8) is 0 Å². The van der Waals surface area contributed by atoms with Gasteiger partial charge in [-0.05, 0) is 0 Å². The Morgan fingerprint density at radius 2 is 2.50 bits per heavy atom. The first-order chi connectivity index (χ1) is 5.77. The zero-order valence-electron chi connectivity index (χ0n) is 6.51. The SMILES string of the molecule is OB(O)[C@H]1CNc2nccn2C1. The molecule has 5 nitrogen and oxygen atoms in total. The topological polar surface area (TPSA) is 70.3 Å². The Bertz CT molecular complexity index is 276. The van der Waals surface area contributed by atoms with Crippen LogP contribution in [0.25, 0.3) is 0 Å². The number of imidazole rings is 1. The zero-order valence-corrected chi connectivity index (χ0v) is 6.51. The molecule has 0 saturated carbocycles. The van der Waals surface area contributed by atoms with E-state index >= 15 is 0 Å². The van der Waals surface area contributed by atoms with Crippen molar-refractivity contribution in [3.05, 3.63) is 12.4 Å². The molecule has 1 aliphatic heterocycles. The number of rotatable bonds is 1. The molecule has 0 unspecified atom stereocenters. The molecule has 12 heavy (non-hydrogen) atoms. The van der Waals surface area contributed by atoms with Crippen LogP contribution in [0.4, 0.5) is 5.95 Å². The molecule has 1 aliphatic rings. The molecule has 1 atom stereocenters. The second-order valence-electron chi connectivity index (χ2n) is 2.96. The summed E-state index contributed by atoms with van der Waals surface area (Å²) in [5, 5.41) is 20.8. The maximum Gasteiger partial charge on any atom is 0.458 e. The molecule has 1 aromatic heterocycles. The quantitative estimate of drug-likeness (QED) is 0.476. The molecule has 0 radical (unpaired) electrons. The first kappa shape index (κ1) is 7.63. The van der Waals surface area contributed by atoms with Crippen molar-refractivity contribution < 1.29 is 10.0 Å². The molecule has 0 aliphatic carbocycles. The summed E-state index contributed by atoms with van der Waals surface area (Å²) in [4.78, 5) is 4.04. The van der Waals surface area contributed by atoms with Crippen molar-refractivity contribution in [2.24, 2.45) is 0 Å². The Hall–Kier alpha value is -1.01. The van der Waals surface area contributed by atoms with Crippen molar-refractivity contribution in [2.45, 2.75) is 12.4 Å². The minimum atomic E-state index is -1.26. The van der Waals surface area contributed by atoms with Crippen LogP contribution in [0.2, 0.25) is 5.82 Å². The van der Waals surface area contributed by atoms with E-state index in [1.165, 1.54) is 0 Å². The second kappa shape index (κ2) is 2.80. The molecule has 2 rings (SSSR count). The molecule has 0 bridgehead atoms. The molecule has 64 valence electrons. The van der Waals surface area contributed by atoms with Crippen molar-refractivity contribution in [1.29, 1.82) is 0 Å². The summed E-state index contributed by atoms with van der Waals surface area (Å²) in [5.74, 6) is 0.651. The summed E-state index contributed by atoms with van der Waals surface area (Å²) in [6.07, 6.45) is 3.51. The van der Waals surface area contributed by atoms with E-state index in [9.17, 15) is 0 Å². The van der Waals surface area contributed by atoms with Crippen molar-refractivity contribution in [1.82, 2.24) is 9.55 Å². The zero-order chi connectivity index (χ0) is 8.55. The van der Waals surface area contributed by atoms with Gasteiger partial charge in [0.25, 0.3) is 0 Å². The highest BCUT2D eigenvalue weighted by molar-refractivity contribution is 6.43. The number of fused-ring (bicyclic) bond motifs is 1. The van der Waals surface area contributed by atoms with Gasteiger partial charge in [0.2, 0.25) is 5.95 Å². The van der Waals surface area contributed by atoms with Gasteiger partial charge in [0.1, 0.15) is 0 Å². The van der Waals surface area contributed by atoms with Crippen LogP contribution in [0, 0.1) is 0 Å². The normalized spacial score (nSPS) is 21.3. The number of aromatic nitrogens is 2. The highest BCUT2D eigenvalue weighted by atomic mass is 16.4. The van der Waals surface area contributed by atoms with Gasteiger partial charge in [-0.2, -0.15) is 0 Å². The number of hydrogen-bond donors (Lipinski definition) is 3. The standard InChI is InChI=1S/C6H10BN3O2/c11-7(12)5-3-9-6-8-1-2-10(6)4-5/h1-2,5,11-12H,3-4H2,(H,8,9)/t5-/m0/s1. The molecular weight excluding hydrogens is 157 g/mol. The van der Waals surface area contributed by atoms with Crippen molar-refractivity contribution in [3.8, 4) is 0 Å². The summed E-state index contributed by atoms with van der Waals surface area (Å²) < 4.78 is 1.87. The van der Waals surface area contributed by atoms with E-state index in [0.717, 1.165) is 5.95 Å². The Balaban J connectivity index is 2.15. The molecule has 0 spiro atoms. The lowest BCUT2D eigenvalue weighted by molar-refractivity contribution is 0.372. The largest absolute Gasteiger partial charge is 0.458 e. The van der Waals surface area contributed by atoms with Gasteiger partial charge in [-0.1, -0.05) is 0 Å². The second-order valence-corrected chi connectivity index (χ2v) is 2.96. The van der Waals surface area contributed by atoms with E-state index in [4.69, 9.17) is 10.0 Å². The lowest BCUT2D eigenvalue weighted by Crippen LogP contribution is -2.34. The lowest BCUT2D eigenvalue weighted by Gasteiger charge is -2.23. The van der Waals surface area contributed by atoms with Crippen LogP contribution < -0.4 is 5.32 Å². The molecule has 0 amide bonds. The van der Waals surface area contributed by atoms with E-state index in [1.807, 2.05) is 10.8 Å². The fourth-order valence-corrected chi connectivity index (χ4v) is 1.36. The van der Waals surface area contributed by atoms with Gasteiger partial charge in [-0.15, -0.1) is 0 Å². The number of anilines is 1. The molecule has 3 N–H and O–H groups in total. The van der Waals surface area contributed by atoms with Gasteiger partial charge in [-0.3, -0.25) is 0 Å².